The van der Waals surface area contributed by atoms with Crippen molar-refractivity contribution < 1.29 is 14.3 Å². The number of amides is 2. The Kier molecular flexibility index (Phi) is 4.19. The summed E-state index contributed by atoms with van der Waals surface area (Å²) in [6, 6.07) is 16.8. The molecule has 0 N–H and O–H groups in total. The first kappa shape index (κ1) is 14.3. The van der Waals surface area contributed by atoms with Crippen LogP contribution in [0.5, 0.6) is 5.75 Å². The fourth-order valence-corrected chi connectivity index (χ4v) is 2.45. The van der Waals surface area contributed by atoms with E-state index in [0.717, 1.165) is 12.0 Å². The Morgan fingerprint density at radius 3 is 2.41 bits per heavy atom. The number of hydrogen-bond acceptors (Lipinski definition) is 3. The Bertz CT molecular complexity index is 664. The van der Waals surface area contributed by atoms with Crippen LogP contribution in [0.1, 0.15) is 28.8 Å². The molecule has 2 aromatic carbocycles. The van der Waals surface area contributed by atoms with Crippen LogP contribution < -0.4 is 4.74 Å². The molecule has 3 rings (SSSR count). The lowest BCUT2D eigenvalue weighted by atomic mass is 10.2. The molecule has 1 fully saturated rings. The summed E-state index contributed by atoms with van der Waals surface area (Å²) in [7, 11) is 0. The van der Waals surface area contributed by atoms with Crippen LogP contribution in [0.15, 0.2) is 54.6 Å². The lowest BCUT2D eigenvalue weighted by Gasteiger charge is -2.13. The minimum Gasteiger partial charge on any atom is -0.489 e. The van der Waals surface area contributed by atoms with Crippen molar-refractivity contribution in [2.75, 3.05) is 6.54 Å². The second kappa shape index (κ2) is 6.43. The smallest absolute Gasteiger partial charge is 0.260 e. The highest BCUT2D eigenvalue weighted by atomic mass is 16.5. The third-order valence-corrected chi connectivity index (χ3v) is 3.67. The number of imide groups is 1. The highest BCUT2D eigenvalue weighted by Crippen LogP contribution is 2.18. The van der Waals surface area contributed by atoms with Gasteiger partial charge in [0.25, 0.3) is 5.91 Å². The van der Waals surface area contributed by atoms with E-state index in [-0.39, 0.29) is 11.8 Å². The first-order chi connectivity index (χ1) is 10.7. The summed E-state index contributed by atoms with van der Waals surface area (Å²) < 4.78 is 5.68. The van der Waals surface area contributed by atoms with Gasteiger partial charge in [-0.05, 0) is 36.2 Å². The SMILES string of the molecule is O=C1CCCN1C(=O)c1ccc(OCc2ccccc2)cc1. The van der Waals surface area contributed by atoms with Crippen LogP contribution in [0.2, 0.25) is 0 Å². The third kappa shape index (κ3) is 3.17. The van der Waals surface area contributed by atoms with Crippen molar-refractivity contribution in [3.8, 4) is 5.75 Å². The molecule has 0 bridgehead atoms. The topological polar surface area (TPSA) is 46.6 Å². The molecule has 1 aliphatic heterocycles. The molecule has 4 nitrogen and oxygen atoms in total. The number of benzene rings is 2. The van der Waals surface area contributed by atoms with Gasteiger partial charge >= 0.3 is 0 Å². The van der Waals surface area contributed by atoms with E-state index in [4.69, 9.17) is 4.74 Å². The number of likely N-dealkylation sites (tertiary alicyclic amines) is 1. The lowest BCUT2D eigenvalue weighted by Crippen LogP contribution is -2.31. The first-order valence-electron chi connectivity index (χ1n) is 7.35. The minimum absolute atomic E-state index is 0.0885. The fourth-order valence-electron chi connectivity index (χ4n) is 2.45. The zero-order valence-electron chi connectivity index (χ0n) is 12.2. The Hall–Kier alpha value is -2.62. The number of nitrogens with zero attached hydrogens (tertiary/aromatic N) is 1. The van der Waals surface area contributed by atoms with Crippen LogP contribution in [-0.2, 0) is 11.4 Å². The summed E-state index contributed by atoms with van der Waals surface area (Å²) in [5.41, 5.74) is 1.60. The molecule has 0 radical (unpaired) electrons. The van der Waals surface area contributed by atoms with E-state index >= 15 is 0 Å². The van der Waals surface area contributed by atoms with Crippen LogP contribution in [0.3, 0.4) is 0 Å². The standard InChI is InChI=1S/C18H17NO3/c20-17-7-4-12-19(17)18(21)15-8-10-16(11-9-15)22-13-14-5-2-1-3-6-14/h1-3,5-6,8-11H,4,7,12-13H2. The predicted octanol–water partition coefficient (Wildman–Crippen LogP) is 3.03. The average molecular weight is 295 g/mol. The van der Waals surface area contributed by atoms with E-state index in [2.05, 4.69) is 0 Å². The second-order valence-corrected chi connectivity index (χ2v) is 5.25. The molecule has 1 aliphatic rings. The zero-order valence-corrected chi connectivity index (χ0v) is 12.2. The molecule has 0 atom stereocenters. The van der Waals surface area contributed by atoms with Crippen molar-refractivity contribution in [1.29, 1.82) is 0 Å². The molecule has 1 saturated heterocycles. The van der Waals surface area contributed by atoms with Gasteiger partial charge in [-0.15, -0.1) is 0 Å². The Morgan fingerprint density at radius 1 is 1.05 bits per heavy atom. The number of rotatable bonds is 4. The quantitative estimate of drug-likeness (QED) is 0.815. The maximum atomic E-state index is 12.2. The van der Waals surface area contributed by atoms with Crippen molar-refractivity contribution in [1.82, 2.24) is 4.90 Å². The van der Waals surface area contributed by atoms with Crippen LogP contribution in [0.25, 0.3) is 0 Å². The number of hydrogen-bond donors (Lipinski definition) is 0. The molecule has 1 heterocycles. The Morgan fingerprint density at radius 2 is 1.77 bits per heavy atom. The van der Waals surface area contributed by atoms with Crippen molar-refractivity contribution in [3.63, 3.8) is 0 Å². The molecule has 2 amide bonds. The Balaban J connectivity index is 1.62. The fraction of sp³-hybridized carbons (Fsp3) is 0.222. The van der Waals surface area contributed by atoms with E-state index in [1.807, 2.05) is 30.3 Å². The minimum atomic E-state index is -0.225. The third-order valence-electron chi connectivity index (χ3n) is 3.67. The number of carbonyl (C=O) groups is 2. The number of ether oxygens (including phenoxy) is 1. The van der Waals surface area contributed by atoms with Crippen molar-refractivity contribution in [3.05, 3.63) is 65.7 Å². The van der Waals surface area contributed by atoms with Gasteiger partial charge in [0.15, 0.2) is 0 Å². The van der Waals surface area contributed by atoms with E-state index in [9.17, 15) is 9.59 Å². The monoisotopic (exact) mass is 295 g/mol. The van der Waals surface area contributed by atoms with E-state index in [1.54, 1.807) is 24.3 Å². The molecule has 0 spiro atoms. The summed E-state index contributed by atoms with van der Waals surface area (Å²) in [5.74, 6) is 0.389. The maximum absolute atomic E-state index is 12.2. The molecule has 0 aliphatic carbocycles. The van der Waals surface area contributed by atoms with Crippen LogP contribution >= 0.6 is 0 Å². The summed E-state index contributed by atoms with van der Waals surface area (Å²) in [5, 5.41) is 0. The molecule has 0 aromatic heterocycles. The molecule has 0 unspecified atom stereocenters. The van der Waals surface area contributed by atoms with Crippen LogP contribution in [-0.4, -0.2) is 23.3 Å². The lowest BCUT2D eigenvalue weighted by molar-refractivity contribution is -0.125. The van der Waals surface area contributed by atoms with Crippen molar-refractivity contribution in [2.45, 2.75) is 19.4 Å². The molecular formula is C18H17NO3. The Labute approximate surface area is 129 Å². The molecule has 2 aromatic rings. The molecular weight excluding hydrogens is 278 g/mol. The highest BCUT2D eigenvalue weighted by Gasteiger charge is 2.27. The van der Waals surface area contributed by atoms with Crippen LogP contribution in [0.4, 0.5) is 0 Å². The van der Waals surface area contributed by atoms with E-state index < -0.39 is 0 Å². The van der Waals surface area contributed by atoms with Gasteiger partial charge in [0.05, 0.1) is 0 Å². The summed E-state index contributed by atoms with van der Waals surface area (Å²) in [6.07, 6.45) is 1.22. The second-order valence-electron chi connectivity index (χ2n) is 5.25. The molecule has 22 heavy (non-hydrogen) atoms. The summed E-state index contributed by atoms with van der Waals surface area (Å²) in [4.78, 5) is 25.1. The van der Waals surface area contributed by atoms with Gasteiger partial charge in [0, 0.05) is 18.5 Å². The maximum Gasteiger partial charge on any atom is 0.260 e. The highest BCUT2D eigenvalue weighted by molar-refractivity contribution is 6.05. The zero-order chi connectivity index (χ0) is 15.4. The van der Waals surface area contributed by atoms with Gasteiger partial charge in [-0.2, -0.15) is 0 Å². The first-order valence-corrected chi connectivity index (χ1v) is 7.35. The molecule has 0 saturated carbocycles. The van der Waals surface area contributed by atoms with Gasteiger partial charge < -0.3 is 4.74 Å². The van der Waals surface area contributed by atoms with E-state index in [0.29, 0.717) is 30.9 Å². The number of carbonyl (C=O) groups excluding carboxylic acids is 2. The summed E-state index contributed by atoms with van der Waals surface area (Å²) in [6.45, 7) is 1.00. The predicted molar refractivity (Wildman–Crippen MR) is 82.5 cm³/mol. The largest absolute Gasteiger partial charge is 0.489 e. The average Bonchev–Trinajstić information content (AvgIpc) is 3.00. The summed E-state index contributed by atoms with van der Waals surface area (Å²) >= 11 is 0. The van der Waals surface area contributed by atoms with E-state index in [1.165, 1.54) is 4.90 Å². The molecule has 4 heteroatoms. The normalized spacial score (nSPS) is 14.2. The van der Waals surface area contributed by atoms with Crippen LogP contribution in [0, 0.1) is 0 Å². The van der Waals surface area contributed by atoms with Crippen molar-refractivity contribution in [2.24, 2.45) is 0 Å². The van der Waals surface area contributed by atoms with Gasteiger partial charge in [0.2, 0.25) is 5.91 Å². The molecule has 112 valence electrons. The van der Waals surface area contributed by atoms with Gasteiger partial charge in [0.1, 0.15) is 12.4 Å². The van der Waals surface area contributed by atoms with Gasteiger partial charge in [-0.3, -0.25) is 14.5 Å². The van der Waals surface area contributed by atoms with Gasteiger partial charge in [-0.1, -0.05) is 30.3 Å². The van der Waals surface area contributed by atoms with Gasteiger partial charge in [-0.25, -0.2) is 0 Å². The van der Waals surface area contributed by atoms with Crippen molar-refractivity contribution >= 4 is 11.8 Å².